The van der Waals surface area contributed by atoms with Crippen molar-refractivity contribution in [3.05, 3.63) is 88.8 Å². The second kappa shape index (κ2) is 11.0. The largest absolute Gasteiger partial charge is 0.338 e. The number of carbonyl (C=O) groups excluding carboxylic acids is 1. The maximum atomic E-state index is 14.1. The molecule has 10 heteroatoms. The van der Waals surface area contributed by atoms with Gasteiger partial charge < -0.3 is 15.1 Å². The molecule has 0 atom stereocenters. The van der Waals surface area contributed by atoms with E-state index in [-0.39, 0.29) is 29.0 Å². The summed E-state index contributed by atoms with van der Waals surface area (Å²) in [5, 5.41) is 3.35. The van der Waals surface area contributed by atoms with Crippen molar-refractivity contribution >= 4 is 35.1 Å². The lowest BCUT2D eigenvalue weighted by Gasteiger charge is -2.32. The van der Waals surface area contributed by atoms with Crippen LogP contribution in [-0.4, -0.2) is 63.8 Å². The number of pyridine rings is 1. The highest BCUT2D eigenvalue weighted by molar-refractivity contribution is 6.30. The average Bonchev–Trinajstić information content (AvgIpc) is 2.89. The molecule has 8 nitrogen and oxygen atoms in total. The molecule has 0 unspecified atom stereocenters. The van der Waals surface area contributed by atoms with E-state index in [9.17, 15) is 9.18 Å². The fraction of sp³-hybridized carbons (Fsp3) is 0.222. The molecule has 0 aliphatic carbocycles. The number of rotatable bonds is 7. The lowest BCUT2D eigenvalue weighted by atomic mass is 10.0. The molecule has 0 spiro atoms. The average molecular weight is 518 g/mol. The Bertz CT molecular complexity index is 1390. The summed E-state index contributed by atoms with van der Waals surface area (Å²) in [7, 11) is 2.07. The van der Waals surface area contributed by atoms with Gasteiger partial charge in [0.1, 0.15) is 11.6 Å². The van der Waals surface area contributed by atoms with Crippen LogP contribution in [0.15, 0.2) is 66.9 Å². The molecule has 5 rings (SSSR count). The number of likely N-dealkylation sites (N-methyl/N-ethyl adjacent to an activating group) is 1. The quantitative estimate of drug-likeness (QED) is 0.355. The smallest absolute Gasteiger partial charge is 0.233 e. The Labute approximate surface area is 219 Å². The van der Waals surface area contributed by atoms with Crippen molar-refractivity contribution in [2.75, 3.05) is 43.4 Å². The Balaban J connectivity index is 1.45. The number of carbonyl (C=O) groups is 1. The number of ketones is 1. The number of halogens is 2. The molecule has 1 N–H and O–H groups in total. The van der Waals surface area contributed by atoms with Gasteiger partial charge in [-0.2, -0.15) is 15.0 Å². The first-order valence-electron chi connectivity index (χ1n) is 11.9. The number of anilines is 3. The van der Waals surface area contributed by atoms with Gasteiger partial charge in [-0.25, -0.2) is 9.37 Å². The fourth-order valence-electron chi connectivity index (χ4n) is 4.05. The topological polar surface area (TPSA) is 87.1 Å². The highest BCUT2D eigenvalue weighted by Crippen LogP contribution is 2.25. The lowest BCUT2D eigenvalue weighted by molar-refractivity contribution is 0.0993. The molecule has 0 radical (unpaired) electrons. The zero-order valence-electron chi connectivity index (χ0n) is 20.2. The third-order valence-electron chi connectivity index (χ3n) is 6.06. The van der Waals surface area contributed by atoms with Crippen molar-refractivity contribution in [1.29, 1.82) is 0 Å². The molecule has 37 heavy (non-hydrogen) atoms. The van der Waals surface area contributed by atoms with Gasteiger partial charge in [-0.1, -0.05) is 41.9 Å². The summed E-state index contributed by atoms with van der Waals surface area (Å²) >= 11 is 6.09. The van der Waals surface area contributed by atoms with Crippen LogP contribution in [0.4, 0.5) is 22.1 Å². The minimum absolute atomic E-state index is 0.0273. The Hall–Kier alpha value is -3.95. The van der Waals surface area contributed by atoms with Crippen LogP contribution >= 0.6 is 11.6 Å². The lowest BCUT2D eigenvalue weighted by Crippen LogP contribution is -2.45. The standard InChI is InChI=1S/C27H25ClFN7O/c1-35-9-11-36(12-10-35)27-33-25(20-14-21(28)17-22(29)15-20)32-26(34-27)31-24-16-19(7-8-30-24)23(37)13-18-5-3-2-4-6-18/h2-8,14-17H,9-13H2,1H3,(H,30,31,32,33,34). The van der Waals surface area contributed by atoms with Crippen LogP contribution in [0.1, 0.15) is 15.9 Å². The third-order valence-corrected chi connectivity index (χ3v) is 6.28. The van der Waals surface area contributed by atoms with E-state index >= 15 is 0 Å². The summed E-state index contributed by atoms with van der Waals surface area (Å²) in [5.41, 5.74) is 1.89. The number of nitrogens with one attached hydrogen (secondary N) is 1. The molecule has 0 saturated carbocycles. The SMILES string of the molecule is CN1CCN(c2nc(Nc3cc(C(=O)Cc4ccccc4)ccn3)nc(-c3cc(F)cc(Cl)c3)n2)CC1. The first kappa shape index (κ1) is 24.7. The molecule has 2 aromatic carbocycles. The Morgan fingerprint density at radius 3 is 2.54 bits per heavy atom. The van der Waals surface area contributed by atoms with Crippen LogP contribution in [0.3, 0.4) is 0 Å². The van der Waals surface area contributed by atoms with E-state index in [0.717, 1.165) is 31.7 Å². The van der Waals surface area contributed by atoms with Gasteiger partial charge in [-0.05, 0) is 42.9 Å². The number of piperazine rings is 1. The van der Waals surface area contributed by atoms with E-state index in [0.29, 0.717) is 22.9 Å². The predicted octanol–water partition coefficient (Wildman–Crippen LogP) is 4.65. The Kier molecular flexibility index (Phi) is 7.34. The molecule has 1 aliphatic rings. The van der Waals surface area contributed by atoms with Crippen LogP contribution in [-0.2, 0) is 6.42 Å². The van der Waals surface area contributed by atoms with Gasteiger partial charge >= 0.3 is 0 Å². The van der Waals surface area contributed by atoms with Crippen molar-refractivity contribution in [1.82, 2.24) is 24.8 Å². The van der Waals surface area contributed by atoms with Gasteiger partial charge in [-0.15, -0.1) is 0 Å². The Morgan fingerprint density at radius 2 is 1.78 bits per heavy atom. The molecule has 1 fully saturated rings. The summed E-state index contributed by atoms with van der Waals surface area (Å²) in [6.07, 6.45) is 1.85. The molecule has 4 aromatic rings. The van der Waals surface area contributed by atoms with Gasteiger partial charge in [-0.3, -0.25) is 4.79 Å². The maximum Gasteiger partial charge on any atom is 0.233 e. The van der Waals surface area contributed by atoms with Gasteiger partial charge in [0.25, 0.3) is 0 Å². The van der Waals surface area contributed by atoms with E-state index in [1.54, 1.807) is 24.4 Å². The van der Waals surface area contributed by atoms with Gasteiger partial charge in [0.2, 0.25) is 11.9 Å². The number of nitrogens with zero attached hydrogens (tertiary/aromatic N) is 6. The molecule has 188 valence electrons. The summed E-state index contributed by atoms with van der Waals surface area (Å²) in [6, 6.07) is 17.1. The number of Topliss-reactive ketones (excluding diaryl/α,β-unsaturated/α-hetero) is 1. The monoisotopic (exact) mass is 517 g/mol. The first-order valence-corrected chi connectivity index (χ1v) is 12.3. The number of aromatic nitrogens is 4. The highest BCUT2D eigenvalue weighted by atomic mass is 35.5. The molecular formula is C27H25ClFN7O. The van der Waals surface area contributed by atoms with Crippen LogP contribution in [0.5, 0.6) is 0 Å². The van der Waals surface area contributed by atoms with Gasteiger partial charge in [0, 0.05) is 54.9 Å². The third kappa shape index (κ3) is 6.25. The molecule has 3 heterocycles. The second-order valence-corrected chi connectivity index (χ2v) is 9.31. The van der Waals surface area contributed by atoms with E-state index in [1.807, 2.05) is 30.3 Å². The Morgan fingerprint density at radius 1 is 1.00 bits per heavy atom. The number of hydrogen-bond acceptors (Lipinski definition) is 8. The number of benzene rings is 2. The van der Waals surface area contributed by atoms with E-state index in [1.165, 1.54) is 12.1 Å². The summed E-state index contributed by atoms with van der Waals surface area (Å²) < 4.78 is 14.1. The number of hydrogen-bond donors (Lipinski definition) is 1. The van der Waals surface area contributed by atoms with Crippen molar-refractivity contribution < 1.29 is 9.18 Å². The van der Waals surface area contributed by atoms with Crippen LogP contribution < -0.4 is 10.2 Å². The molecule has 0 bridgehead atoms. The van der Waals surface area contributed by atoms with E-state index in [4.69, 9.17) is 11.6 Å². The summed E-state index contributed by atoms with van der Waals surface area (Å²) in [4.78, 5) is 35.2. The highest BCUT2D eigenvalue weighted by Gasteiger charge is 2.20. The van der Waals surface area contributed by atoms with Crippen LogP contribution in [0.2, 0.25) is 5.02 Å². The molecule has 1 aliphatic heterocycles. The van der Waals surface area contributed by atoms with Gasteiger partial charge in [0.05, 0.1) is 0 Å². The maximum absolute atomic E-state index is 14.1. The van der Waals surface area contributed by atoms with Crippen molar-refractivity contribution in [3.8, 4) is 11.4 Å². The van der Waals surface area contributed by atoms with Crippen LogP contribution in [0, 0.1) is 5.82 Å². The zero-order chi connectivity index (χ0) is 25.8. The zero-order valence-corrected chi connectivity index (χ0v) is 21.0. The van der Waals surface area contributed by atoms with Gasteiger partial charge in [0.15, 0.2) is 11.6 Å². The van der Waals surface area contributed by atoms with E-state index in [2.05, 4.69) is 42.1 Å². The molecule has 0 amide bonds. The normalized spacial score (nSPS) is 14.0. The second-order valence-electron chi connectivity index (χ2n) is 8.87. The minimum Gasteiger partial charge on any atom is -0.338 e. The molecule has 2 aromatic heterocycles. The summed E-state index contributed by atoms with van der Waals surface area (Å²) in [5.74, 6) is 0.893. The van der Waals surface area contributed by atoms with E-state index < -0.39 is 5.82 Å². The minimum atomic E-state index is -0.482. The fourth-order valence-corrected chi connectivity index (χ4v) is 4.27. The molecule has 1 saturated heterocycles. The molecular weight excluding hydrogens is 493 g/mol. The van der Waals surface area contributed by atoms with Crippen molar-refractivity contribution in [2.45, 2.75) is 6.42 Å². The summed E-state index contributed by atoms with van der Waals surface area (Å²) in [6.45, 7) is 3.21. The predicted molar refractivity (Wildman–Crippen MR) is 142 cm³/mol. The van der Waals surface area contributed by atoms with Crippen molar-refractivity contribution in [2.24, 2.45) is 0 Å². The first-order chi connectivity index (χ1) is 17.9. The van der Waals surface area contributed by atoms with Crippen molar-refractivity contribution in [3.63, 3.8) is 0 Å². The van der Waals surface area contributed by atoms with Crippen LogP contribution in [0.25, 0.3) is 11.4 Å².